The first-order valence-electron chi connectivity index (χ1n) is 4.31. The van der Waals surface area contributed by atoms with Crippen LogP contribution in [0.3, 0.4) is 0 Å². The third kappa shape index (κ3) is 2.65. The molecule has 1 N–H and O–H groups in total. The molecule has 0 unspecified atom stereocenters. The molecule has 1 aromatic carbocycles. The van der Waals surface area contributed by atoms with Gasteiger partial charge in [-0.25, -0.2) is 8.78 Å². The van der Waals surface area contributed by atoms with Crippen molar-refractivity contribution in [2.24, 2.45) is 0 Å². The number of hydrogen-bond donors (Lipinski definition) is 1. The van der Waals surface area contributed by atoms with Gasteiger partial charge < -0.3 is 5.11 Å². The number of nitro groups is 1. The van der Waals surface area contributed by atoms with E-state index in [2.05, 4.69) is 0 Å². The van der Waals surface area contributed by atoms with E-state index in [1.165, 1.54) is 0 Å². The molecule has 0 aliphatic rings. The van der Waals surface area contributed by atoms with Crippen LogP contribution >= 0.6 is 11.6 Å². The first-order valence-corrected chi connectivity index (χ1v) is 4.69. The van der Waals surface area contributed by atoms with Crippen LogP contribution in [0.4, 0.5) is 14.5 Å². The molecule has 0 fully saturated rings. The van der Waals surface area contributed by atoms with Crippen molar-refractivity contribution in [2.75, 3.05) is 6.61 Å². The average Bonchev–Trinajstić information content (AvgIpc) is 2.17. The van der Waals surface area contributed by atoms with E-state index in [0.717, 1.165) is 18.2 Å². The Bertz CT molecular complexity index is 412. The van der Waals surface area contributed by atoms with Gasteiger partial charge in [-0.1, -0.05) is 11.6 Å². The normalized spacial score (nSPS) is 11.5. The average molecular weight is 252 g/mol. The minimum absolute atomic E-state index is 0.0155. The molecule has 1 rings (SSSR count). The van der Waals surface area contributed by atoms with Crippen molar-refractivity contribution in [1.29, 1.82) is 0 Å². The zero-order valence-electron chi connectivity index (χ0n) is 7.99. The quantitative estimate of drug-likeness (QED) is 0.661. The molecule has 0 radical (unpaired) electrons. The minimum atomic E-state index is -3.47. The number of alkyl halides is 2. The maximum absolute atomic E-state index is 13.4. The predicted molar refractivity (Wildman–Crippen MR) is 53.7 cm³/mol. The van der Waals surface area contributed by atoms with Crippen LogP contribution in [0.2, 0.25) is 5.02 Å². The lowest BCUT2D eigenvalue weighted by atomic mass is 10.0. The van der Waals surface area contributed by atoms with Crippen molar-refractivity contribution >= 4 is 17.3 Å². The van der Waals surface area contributed by atoms with Gasteiger partial charge in [-0.15, -0.1) is 0 Å². The standard InChI is InChI=1S/C9H8ClF2NO3/c10-6-1-2-8(13(15)16)7(5-6)9(11,12)3-4-14/h1-2,5,14H,3-4H2. The van der Waals surface area contributed by atoms with E-state index in [-0.39, 0.29) is 5.02 Å². The second-order valence-corrected chi connectivity index (χ2v) is 3.53. The lowest BCUT2D eigenvalue weighted by Crippen LogP contribution is -2.17. The molecule has 0 spiro atoms. The largest absolute Gasteiger partial charge is 0.396 e. The summed E-state index contributed by atoms with van der Waals surface area (Å²) in [4.78, 5) is 9.64. The number of benzene rings is 1. The highest BCUT2D eigenvalue weighted by Crippen LogP contribution is 2.38. The fourth-order valence-corrected chi connectivity index (χ4v) is 1.41. The van der Waals surface area contributed by atoms with Gasteiger partial charge in [0.1, 0.15) is 0 Å². The Labute approximate surface area is 94.6 Å². The van der Waals surface area contributed by atoms with E-state index in [9.17, 15) is 18.9 Å². The minimum Gasteiger partial charge on any atom is -0.396 e. The van der Waals surface area contributed by atoms with Crippen LogP contribution in [0.15, 0.2) is 18.2 Å². The number of nitrogens with zero attached hydrogens (tertiary/aromatic N) is 1. The maximum Gasteiger partial charge on any atom is 0.282 e. The highest BCUT2D eigenvalue weighted by atomic mass is 35.5. The summed E-state index contributed by atoms with van der Waals surface area (Å²) in [6.07, 6.45) is -0.881. The van der Waals surface area contributed by atoms with Gasteiger partial charge >= 0.3 is 0 Å². The second-order valence-electron chi connectivity index (χ2n) is 3.10. The van der Waals surface area contributed by atoms with E-state index < -0.39 is 35.1 Å². The molecule has 0 bridgehead atoms. The van der Waals surface area contributed by atoms with Crippen molar-refractivity contribution in [3.8, 4) is 0 Å². The first kappa shape index (κ1) is 12.8. The molecular formula is C9H8ClF2NO3. The summed E-state index contributed by atoms with van der Waals surface area (Å²) in [5.74, 6) is -3.47. The Hall–Kier alpha value is -1.27. The highest BCUT2D eigenvalue weighted by Gasteiger charge is 2.37. The summed E-state index contributed by atoms with van der Waals surface area (Å²) in [6.45, 7) is -0.767. The van der Waals surface area contributed by atoms with E-state index >= 15 is 0 Å². The monoisotopic (exact) mass is 251 g/mol. The molecule has 7 heteroatoms. The lowest BCUT2D eigenvalue weighted by molar-refractivity contribution is -0.387. The van der Waals surface area contributed by atoms with Crippen molar-refractivity contribution in [1.82, 2.24) is 0 Å². The van der Waals surface area contributed by atoms with Gasteiger partial charge in [-0.3, -0.25) is 10.1 Å². The summed E-state index contributed by atoms with van der Waals surface area (Å²) in [5, 5.41) is 19.0. The number of aliphatic hydroxyl groups is 1. The summed E-state index contributed by atoms with van der Waals surface area (Å²) in [6, 6.07) is 2.93. The lowest BCUT2D eigenvalue weighted by Gasteiger charge is -2.15. The molecule has 0 saturated heterocycles. The van der Waals surface area contributed by atoms with Crippen LogP contribution in [-0.2, 0) is 5.92 Å². The van der Waals surface area contributed by atoms with E-state index in [0.29, 0.717) is 0 Å². The van der Waals surface area contributed by atoms with Crippen LogP contribution in [0.25, 0.3) is 0 Å². The number of halogens is 3. The SMILES string of the molecule is O=[N+]([O-])c1ccc(Cl)cc1C(F)(F)CCO. The Morgan fingerprint density at radius 2 is 2.12 bits per heavy atom. The number of hydrogen-bond acceptors (Lipinski definition) is 3. The molecule has 0 heterocycles. The summed E-state index contributed by atoms with van der Waals surface area (Å²) < 4.78 is 26.9. The zero-order chi connectivity index (χ0) is 12.3. The van der Waals surface area contributed by atoms with Crippen LogP contribution in [-0.4, -0.2) is 16.6 Å². The molecule has 0 aliphatic carbocycles. The molecule has 4 nitrogen and oxygen atoms in total. The molecule has 1 aromatic rings. The molecule has 0 atom stereocenters. The highest BCUT2D eigenvalue weighted by molar-refractivity contribution is 6.30. The van der Waals surface area contributed by atoms with Crippen molar-refractivity contribution in [3.63, 3.8) is 0 Å². The molecule has 16 heavy (non-hydrogen) atoms. The Kier molecular flexibility index (Phi) is 3.77. The first-order chi connectivity index (χ1) is 7.38. The summed E-state index contributed by atoms with van der Waals surface area (Å²) in [5.41, 5.74) is -1.48. The molecule has 0 saturated carbocycles. The van der Waals surface area contributed by atoms with E-state index in [1.807, 2.05) is 0 Å². The number of nitro benzene ring substituents is 1. The van der Waals surface area contributed by atoms with E-state index in [4.69, 9.17) is 16.7 Å². The van der Waals surface area contributed by atoms with Crippen molar-refractivity contribution < 1.29 is 18.8 Å². The van der Waals surface area contributed by atoms with Crippen LogP contribution in [0, 0.1) is 10.1 Å². The Morgan fingerprint density at radius 1 is 1.50 bits per heavy atom. The summed E-state index contributed by atoms with van der Waals surface area (Å²) in [7, 11) is 0. The van der Waals surface area contributed by atoms with Gasteiger partial charge in [0.2, 0.25) is 0 Å². The fourth-order valence-electron chi connectivity index (χ4n) is 1.24. The molecule has 0 aliphatic heterocycles. The zero-order valence-corrected chi connectivity index (χ0v) is 8.75. The molecule has 88 valence electrons. The smallest absolute Gasteiger partial charge is 0.282 e. The van der Waals surface area contributed by atoms with Crippen LogP contribution in [0.5, 0.6) is 0 Å². The van der Waals surface area contributed by atoms with Crippen LogP contribution in [0.1, 0.15) is 12.0 Å². The Balaban J connectivity index is 3.29. The van der Waals surface area contributed by atoms with Gasteiger partial charge in [0.05, 0.1) is 10.5 Å². The van der Waals surface area contributed by atoms with Gasteiger partial charge in [-0.2, -0.15) is 0 Å². The third-order valence-corrected chi connectivity index (χ3v) is 2.21. The third-order valence-electron chi connectivity index (χ3n) is 1.98. The van der Waals surface area contributed by atoms with E-state index in [1.54, 1.807) is 0 Å². The fraction of sp³-hybridized carbons (Fsp3) is 0.333. The maximum atomic E-state index is 13.4. The molecule has 0 aromatic heterocycles. The van der Waals surface area contributed by atoms with Crippen molar-refractivity contribution in [2.45, 2.75) is 12.3 Å². The topological polar surface area (TPSA) is 63.4 Å². The van der Waals surface area contributed by atoms with Crippen LogP contribution < -0.4 is 0 Å². The van der Waals surface area contributed by atoms with Gasteiger partial charge in [0, 0.05) is 24.1 Å². The van der Waals surface area contributed by atoms with Gasteiger partial charge in [0.15, 0.2) is 0 Å². The second kappa shape index (κ2) is 4.71. The Morgan fingerprint density at radius 3 is 2.62 bits per heavy atom. The van der Waals surface area contributed by atoms with Gasteiger partial charge in [-0.05, 0) is 12.1 Å². The predicted octanol–water partition coefficient (Wildman–Crippen LogP) is 2.72. The summed E-state index contributed by atoms with van der Waals surface area (Å²) >= 11 is 5.51. The number of rotatable bonds is 4. The number of aliphatic hydroxyl groups excluding tert-OH is 1. The molecule has 0 amide bonds. The van der Waals surface area contributed by atoms with Crippen molar-refractivity contribution in [3.05, 3.63) is 38.9 Å². The van der Waals surface area contributed by atoms with Gasteiger partial charge in [0.25, 0.3) is 11.6 Å². The molecular weight excluding hydrogens is 244 g/mol.